The van der Waals surface area contributed by atoms with Crippen LogP contribution in [-0.2, 0) is 4.74 Å². The highest BCUT2D eigenvalue weighted by Crippen LogP contribution is 2.33. The Hall–Kier alpha value is -3.18. The molecule has 1 aromatic carbocycles. The maximum absolute atomic E-state index is 15.0. The maximum atomic E-state index is 15.0. The van der Waals surface area contributed by atoms with Crippen molar-refractivity contribution in [2.75, 3.05) is 59.5 Å². The zero-order valence-electron chi connectivity index (χ0n) is 21.0. The van der Waals surface area contributed by atoms with E-state index >= 15 is 0 Å². The number of carbonyl (C=O) groups excluding carboxylic acids is 1. The second-order valence-electron chi connectivity index (χ2n) is 8.95. The average Bonchev–Trinajstić information content (AvgIpc) is 2.92. The lowest BCUT2D eigenvalue weighted by Crippen LogP contribution is -2.41. The molecule has 2 aromatic rings. The van der Waals surface area contributed by atoms with E-state index in [1.165, 1.54) is 32.5 Å². The molecule has 1 aliphatic carbocycles. The van der Waals surface area contributed by atoms with Crippen LogP contribution in [0, 0.1) is 11.7 Å². The second-order valence-corrected chi connectivity index (χ2v) is 8.95. The summed E-state index contributed by atoms with van der Waals surface area (Å²) < 4.78 is 37.1. The van der Waals surface area contributed by atoms with Gasteiger partial charge in [0.1, 0.15) is 11.6 Å². The van der Waals surface area contributed by atoms with E-state index in [1.807, 2.05) is 7.05 Å². The largest absolute Gasteiger partial charge is 0.495 e. The van der Waals surface area contributed by atoms with Gasteiger partial charge in [-0.2, -0.15) is 4.98 Å². The van der Waals surface area contributed by atoms with Crippen molar-refractivity contribution in [2.24, 2.45) is 5.92 Å². The molecule has 1 saturated carbocycles. The van der Waals surface area contributed by atoms with Gasteiger partial charge in [0.25, 0.3) is 11.8 Å². The molecule has 1 aliphatic heterocycles. The first-order valence-electron chi connectivity index (χ1n) is 12.2. The predicted octanol–water partition coefficient (Wildman–Crippen LogP) is 3.01. The summed E-state index contributed by atoms with van der Waals surface area (Å²) in [7, 11) is 4.98. The van der Waals surface area contributed by atoms with E-state index in [1.54, 1.807) is 4.90 Å². The van der Waals surface area contributed by atoms with Gasteiger partial charge >= 0.3 is 0 Å². The molecule has 4 rings (SSSR count). The van der Waals surface area contributed by atoms with Crippen LogP contribution in [0.5, 0.6) is 17.4 Å². The van der Waals surface area contributed by atoms with Crippen molar-refractivity contribution >= 4 is 17.5 Å². The fourth-order valence-electron chi connectivity index (χ4n) is 4.51. The molecule has 0 bridgehead atoms. The maximum Gasteiger partial charge on any atom is 0.262 e. The van der Waals surface area contributed by atoms with Crippen LogP contribution in [0.4, 0.5) is 16.0 Å². The fraction of sp³-hybridized carbons (Fsp3) is 0.560. The monoisotopic (exact) mass is 503 g/mol. The van der Waals surface area contributed by atoms with Crippen molar-refractivity contribution in [3.05, 3.63) is 29.7 Å². The number of carbonyl (C=O) groups is 1. The minimum Gasteiger partial charge on any atom is -0.495 e. The second kappa shape index (κ2) is 12.2. The Morgan fingerprint density at radius 2 is 1.86 bits per heavy atom. The first-order chi connectivity index (χ1) is 17.5. The van der Waals surface area contributed by atoms with Crippen molar-refractivity contribution in [3.63, 3.8) is 0 Å². The van der Waals surface area contributed by atoms with Gasteiger partial charge in [-0.3, -0.25) is 4.79 Å². The molecule has 2 aliphatic rings. The van der Waals surface area contributed by atoms with Gasteiger partial charge in [-0.15, -0.1) is 0 Å². The van der Waals surface area contributed by atoms with E-state index in [0.717, 1.165) is 25.7 Å². The van der Waals surface area contributed by atoms with Crippen LogP contribution in [0.1, 0.15) is 36.0 Å². The van der Waals surface area contributed by atoms with Crippen molar-refractivity contribution in [3.8, 4) is 17.4 Å². The van der Waals surface area contributed by atoms with E-state index < -0.39 is 11.7 Å². The van der Waals surface area contributed by atoms with Crippen LogP contribution in [-0.4, -0.2) is 81.0 Å². The number of ether oxygens (including phenoxy) is 4. The molecule has 2 N–H and O–H groups in total. The van der Waals surface area contributed by atoms with Gasteiger partial charge in [0, 0.05) is 25.2 Å². The normalized spacial score (nSPS) is 20.1. The fourth-order valence-corrected chi connectivity index (χ4v) is 4.51. The van der Waals surface area contributed by atoms with Crippen LogP contribution in [0.15, 0.2) is 18.3 Å². The van der Waals surface area contributed by atoms with Crippen molar-refractivity contribution in [1.29, 1.82) is 0 Å². The zero-order chi connectivity index (χ0) is 25.5. The minimum atomic E-state index is -0.669. The molecule has 2 heterocycles. The number of morpholine rings is 1. The molecule has 1 aromatic heterocycles. The van der Waals surface area contributed by atoms with E-state index in [9.17, 15) is 9.18 Å². The van der Waals surface area contributed by atoms with Crippen LogP contribution in [0.2, 0.25) is 0 Å². The topological polar surface area (TPSA) is 107 Å². The highest BCUT2D eigenvalue weighted by molar-refractivity contribution is 5.96. The first kappa shape index (κ1) is 25.9. The molecule has 0 radical (unpaired) electrons. The van der Waals surface area contributed by atoms with Gasteiger partial charge in [-0.25, -0.2) is 9.37 Å². The number of anilines is 2. The Balaban J connectivity index is 1.48. The summed E-state index contributed by atoms with van der Waals surface area (Å²) in [4.78, 5) is 23.1. The third-order valence-corrected chi connectivity index (χ3v) is 6.72. The van der Waals surface area contributed by atoms with Gasteiger partial charge in [0.05, 0.1) is 51.5 Å². The summed E-state index contributed by atoms with van der Waals surface area (Å²) in [5, 5.41) is 6.31. The van der Waals surface area contributed by atoms with Crippen LogP contribution in [0.3, 0.4) is 0 Å². The number of hydrogen-bond donors (Lipinski definition) is 2. The summed E-state index contributed by atoms with van der Waals surface area (Å²) in [6, 6.07) is 3.16. The summed E-state index contributed by atoms with van der Waals surface area (Å²) in [5.41, 5.74) is 0.224. The van der Waals surface area contributed by atoms with Crippen LogP contribution in [0.25, 0.3) is 0 Å². The molecule has 10 nitrogen and oxygen atoms in total. The quantitative estimate of drug-likeness (QED) is 0.534. The summed E-state index contributed by atoms with van der Waals surface area (Å²) in [6.07, 6.45) is 5.90. The predicted molar refractivity (Wildman–Crippen MR) is 132 cm³/mol. The number of nitrogens with zero attached hydrogens (tertiary/aromatic N) is 3. The number of benzene rings is 1. The van der Waals surface area contributed by atoms with Gasteiger partial charge in [0.2, 0.25) is 5.95 Å². The molecule has 196 valence electrons. The number of methoxy groups -OCH3 is 2. The molecule has 0 spiro atoms. The standard InChI is InChI=1S/C25H34FN5O5/c1-27-17-6-4-16(5-7-17)15-36-23-22(34-3)14-28-25(30-23)29-20-13-19(26)18(12-21(20)33-2)24(32)31-8-10-35-11-9-31/h12-14,16-17,27H,4-11,15H2,1-3H3,(H,28,29,30)/t16-,17-. The number of amides is 1. The molecule has 0 unspecified atom stereocenters. The Morgan fingerprint density at radius 3 is 2.53 bits per heavy atom. The summed E-state index contributed by atoms with van der Waals surface area (Å²) in [6.45, 7) is 2.22. The van der Waals surface area contributed by atoms with Gasteiger partial charge in [0.15, 0.2) is 5.75 Å². The molecular formula is C25H34FN5O5. The molecule has 36 heavy (non-hydrogen) atoms. The molecule has 1 saturated heterocycles. The SMILES string of the molecule is CN[C@H]1CC[C@H](COc2nc(Nc3cc(F)c(C(=O)N4CCOCC4)cc3OC)ncc2OC)CC1. The average molecular weight is 504 g/mol. The third kappa shape index (κ3) is 6.14. The Morgan fingerprint density at radius 1 is 1.14 bits per heavy atom. The Kier molecular flexibility index (Phi) is 8.76. The molecule has 1 amide bonds. The summed E-state index contributed by atoms with van der Waals surface area (Å²) >= 11 is 0. The lowest BCUT2D eigenvalue weighted by Gasteiger charge is -2.28. The lowest BCUT2D eigenvalue weighted by molar-refractivity contribution is 0.0299. The van der Waals surface area contributed by atoms with Crippen molar-refractivity contribution < 1.29 is 28.1 Å². The molecule has 0 atom stereocenters. The minimum absolute atomic E-state index is 0.0630. The first-order valence-corrected chi connectivity index (χ1v) is 12.2. The lowest BCUT2D eigenvalue weighted by atomic mass is 9.87. The third-order valence-electron chi connectivity index (χ3n) is 6.72. The number of nitrogens with one attached hydrogen (secondary N) is 2. The van der Waals surface area contributed by atoms with Crippen molar-refractivity contribution in [1.82, 2.24) is 20.2 Å². The summed E-state index contributed by atoms with van der Waals surface area (Å²) in [5.74, 6) is 0.568. The zero-order valence-corrected chi connectivity index (χ0v) is 21.0. The van der Waals surface area contributed by atoms with E-state index in [2.05, 4.69) is 20.6 Å². The smallest absolute Gasteiger partial charge is 0.262 e. The molecule has 11 heteroatoms. The van der Waals surface area contributed by atoms with Gasteiger partial charge < -0.3 is 34.5 Å². The van der Waals surface area contributed by atoms with Crippen LogP contribution >= 0.6 is 0 Å². The van der Waals surface area contributed by atoms with Gasteiger partial charge in [-0.05, 0) is 44.7 Å². The van der Waals surface area contributed by atoms with E-state index in [-0.39, 0.29) is 22.9 Å². The highest BCUT2D eigenvalue weighted by Gasteiger charge is 2.24. The molecule has 2 fully saturated rings. The van der Waals surface area contributed by atoms with Crippen molar-refractivity contribution in [2.45, 2.75) is 31.7 Å². The number of aromatic nitrogens is 2. The van der Waals surface area contributed by atoms with E-state index in [0.29, 0.717) is 56.5 Å². The highest BCUT2D eigenvalue weighted by atomic mass is 19.1. The Bertz CT molecular complexity index is 1040. The van der Waals surface area contributed by atoms with Gasteiger partial charge in [-0.1, -0.05) is 0 Å². The van der Waals surface area contributed by atoms with E-state index in [4.69, 9.17) is 18.9 Å². The number of halogens is 1. The Labute approximate surface area is 210 Å². The number of hydrogen-bond acceptors (Lipinski definition) is 9. The van der Waals surface area contributed by atoms with Crippen LogP contribution < -0.4 is 24.8 Å². The number of rotatable bonds is 9. The molecular weight excluding hydrogens is 469 g/mol.